The quantitative estimate of drug-likeness (QED) is 0.377. The highest BCUT2D eigenvalue weighted by molar-refractivity contribution is 7.14. The van der Waals surface area contributed by atoms with Gasteiger partial charge in [-0.05, 0) is 18.2 Å². The van der Waals surface area contributed by atoms with E-state index in [0.717, 1.165) is 11.3 Å². The van der Waals surface area contributed by atoms with Crippen LogP contribution in [-0.2, 0) is 0 Å². The number of hydrazone groups is 1. The minimum atomic E-state index is -0.607. The molecule has 0 spiro atoms. The number of rotatable bonds is 5. The third-order valence-corrected chi connectivity index (χ3v) is 3.79. The number of nitrogens with zero attached hydrogens (tertiary/aromatic N) is 3. The Bertz CT molecular complexity index is 863. The maximum Gasteiger partial charge on any atom is 0.433 e. The molecule has 0 bridgehead atoms. The molecule has 0 aliphatic heterocycles. The molecule has 124 valence electrons. The van der Waals surface area contributed by atoms with E-state index in [1.165, 1.54) is 29.7 Å². The predicted octanol–water partition coefficient (Wildman–Crippen LogP) is 1.41. The summed E-state index contributed by atoms with van der Waals surface area (Å²) in [5.74, 6) is -0.0515. The van der Waals surface area contributed by atoms with Crippen LogP contribution in [0.25, 0.3) is 11.3 Å². The standard InChI is InChI=1S/C14H9ClN4O3S.BrH/c15-10-3-1-9(2-4-10)12-8-23-14(17-12)18-16-7-11-5-6-13(22-11)19(20)21;/h1-8H,(H,17,18);1H/p-1/b16-7+;. The lowest BCUT2D eigenvalue weighted by Crippen LogP contribution is -3.00. The van der Waals surface area contributed by atoms with E-state index in [2.05, 4.69) is 15.5 Å². The monoisotopic (exact) mass is 427 g/mol. The van der Waals surface area contributed by atoms with Crippen molar-refractivity contribution in [3.8, 4) is 11.3 Å². The van der Waals surface area contributed by atoms with Crippen molar-refractivity contribution in [2.45, 2.75) is 0 Å². The molecule has 24 heavy (non-hydrogen) atoms. The Morgan fingerprint density at radius 2 is 2.04 bits per heavy atom. The van der Waals surface area contributed by atoms with Crippen molar-refractivity contribution in [1.82, 2.24) is 4.98 Å². The Hall–Kier alpha value is -2.23. The molecule has 1 N–H and O–H groups in total. The van der Waals surface area contributed by atoms with Crippen LogP contribution < -0.4 is 22.4 Å². The van der Waals surface area contributed by atoms with Crippen molar-refractivity contribution >= 4 is 40.2 Å². The molecule has 0 radical (unpaired) electrons. The van der Waals surface area contributed by atoms with Gasteiger partial charge in [0.15, 0.2) is 5.76 Å². The molecule has 10 heteroatoms. The molecule has 0 aliphatic carbocycles. The predicted molar refractivity (Wildman–Crippen MR) is 89.1 cm³/mol. The Labute approximate surface area is 155 Å². The number of nitrogens with one attached hydrogen (secondary N) is 1. The van der Waals surface area contributed by atoms with Gasteiger partial charge in [0.1, 0.15) is 4.92 Å². The zero-order chi connectivity index (χ0) is 16.2. The zero-order valence-corrected chi connectivity index (χ0v) is 15.0. The highest BCUT2D eigenvalue weighted by Crippen LogP contribution is 2.26. The van der Waals surface area contributed by atoms with Gasteiger partial charge in [-0.2, -0.15) is 5.10 Å². The van der Waals surface area contributed by atoms with Crippen LogP contribution in [0.1, 0.15) is 5.76 Å². The van der Waals surface area contributed by atoms with Crippen LogP contribution in [0.4, 0.5) is 11.0 Å². The van der Waals surface area contributed by atoms with Gasteiger partial charge in [-0.3, -0.25) is 15.5 Å². The van der Waals surface area contributed by atoms with Crippen LogP contribution in [-0.4, -0.2) is 16.1 Å². The molecule has 0 aliphatic rings. The number of nitro groups is 1. The average molecular weight is 429 g/mol. The molecule has 0 unspecified atom stereocenters. The molecule has 3 rings (SSSR count). The topological polar surface area (TPSA) is 93.6 Å². The Balaban J connectivity index is 0.00000208. The number of benzene rings is 1. The average Bonchev–Trinajstić information content (AvgIpc) is 3.18. The first-order valence-electron chi connectivity index (χ1n) is 6.36. The van der Waals surface area contributed by atoms with Crippen molar-refractivity contribution in [3.63, 3.8) is 0 Å². The van der Waals surface area contributed by atoms with Gasteiger partial charge < -0.3 is 21.4 Å². The summed E-state index contributed by atoms with van der Waals surface area (Å²) in [6, 6.07) is 10.1. The lowest BCUT2D eigenvalue weighted by Gasteiger charge is -1.96. The number of hydrogen-bond acceptors (Lipinski definition) is 7. The summed E-state index contributed by atoms with van der Waals surface area (Å²) >= 11 is 7.24. The highest BCUT2D eigenvalue weighted by atomic mass is 79.9. The van der Waals surface area contributed by atoms with Crippen LogP contribution in [0.15, 0.2) is 51.3 Å². The second-order valence-electron chi connectivity index (χ2n) is 4.35. The Morgan fingerprint density at radius 3 is 2.71 bits per heavy atom. The molecule has 0 amide bonds. The number of hydrogen-bond donors (Lipinski definition) is 1. The molecule has 3 aromatic rings. The molecule has 1 aromatic carbocycles. The first-order valence-corrected chi connectivity index (χ1v) is 7.62. The summed E-state index contributed by atoms with van der Waals surface area (Å²) in [5.41, 5.74) is 4.51. The number of anilines is 1. The number of furan rings is 1. The third kappa shape index (κ3) is 4.40. The summed E-state index contributed by atoms with van der Waals surface area (Å²) in [4.78, 5) is 14.3. The first kappa shape index (κ1) is 18.1. The van der Waals surface area contributed by atoms with E-state index < -0.39 is 4.92 Å². The van der Waals surface area contributed by atoms with Gasteiger partial charge in [-0.15, -0.1) is 11.3 Å². The van der Waals surface area contributed by atoms with E-state index in [9.17, 15) is 10.1 Å². The van der Waals surface area contributed by atoms with Crippen molar-refractivity contribution < 1.29 is 26.3 Å². The van der Waals surface area contributed by atoms with Crippen LogP contribution in [0.5, 0.6) is 0 Å². The summed E-state index contributed by atoms with van der Waals surface area (Å²) in [6.45, 7) is 0. The number of halogens is 2. The van der Waals surface area contributed by atoms with Gasteiger partial charge in [-0.1, -0.05) is 23.7 Å². The normalized spacial score (nSPS) is 10.5. The van der Waals surface area contributed by atoms with E-state index >= 15 is 0 Å². The summed E-state index contributed by atoms with van der Waals surface area (Å²) < 4.78 is 4.95. The van der Waals surface area contributed by atoms with Crippen LogP contribution in [0, 0.1) is 10.1 Å². The smallest absolute Gasteiger partial charge is 0.433 e. The first-order chi connectivity index (χ1) is 11.1. The zero-order valence-electron chi connectivity index (χ0n) is 11.8. The molecule has 0 fully saturated rings. The van der Waals surface area contributed by atoms with Crippen LogP contribution in [0.3, 0.4) is 0 Å². The lowest BCUT2D eigenvalue weighted by atomic mass is 10.2. The van der Waals surface area contributed by atoms with Crippen LogP contribution >= 0.6 is 22.9 Å². The fourth-order valence-electron chi connectivity index (χ4n) is 1.74. The summed E-state index contributed by atoms with van der Waals surface area (Å²) in [7, 11) is 0. The maximum atomic E-state index is 10.5. The van der Waals surface area contributed by atoms with Crippen LogP contribution in [0.2, 0.25) is 5.02 Å². The van der Waals surface area contributed by atoms with Gasteiger partial charge in [0.05, 0.1) is 18.0 Å². The number of aromatic nitrogens is 1. The second kappa shape index (κ2) is 8.04. The van der Waals surface area contributed by atoms with E-state index in [-0.39, 0.29) is 28.6 Å². The molecule has 7 nitrogen and oxygen atoms in total. The van der Waals surface area contributed by atoms with Gasteiger partial charge in [-0.25, -0.2) is 4.98 Å². The molecular weight excluding hydrogens is 420 g/mol. The van der Waals surface area contributed by atoms with Gasteiger partial charge >= 0.3 is 5.88 Å². The van der Waals surface area contributed by atoms with Gasteiger partial charge in [0.2, 0.25) is 5.13 Å². The van der Waals surface area contributed by atoms with E-state index in [1.807, 2.05) is 17.5 Å². The molecule has 2 aromatic heterocycles. The minimum absolute atomic E-state index is 0. The fraction of sp³-hybridized carbons (Fsp3) is 0. The highest BCUT2D eigenvalue weighted by Gasteiger charge is 2.10. The second-order valence-corrected chi connectivity index (χ2v) is 5.64. The molecule has 0 saturated heterocycles. The van der Waals surface area contributed by atoms with Crippen molar-refractivity contribution in [1.29, 1.82) is 0 Å². The summed E-state index contributed by atoms with van der Waals surface area (Å²) in [5, 5.41) is 17.6. The minimum Gasteiger partial charge on any atom is -1.00 e. The number of thiazole rings is 1. The lowest BCUT2D eigenvalue weighted by molar-refractivity contribution is -0.402. The largest absolute Gasteiger partial charge is 1.00 e. The fourth-order valence-corrected chi connectivity index (χ4v) is 2.53. The van der Waals surface area contributed by atoms with E-state index in [0.29, 0.717) is 10.2 Å². The van der Waals surface area contributed by atoms with Crippen molar-refractivity contribution in [3.05, 3.63) is 62.7 Å². The van der Waals surface area contributed by atoms with E-state index in [1.54, 1.807) is 12.1 Å². The molecule has 0 atom stereocenters. The maximum absolute atomic E-state index is 10.5. The molecule has 2 heterocycles. The molecule has 0 saturated carbocycles. The Kier molecular flexibility index (Phi) is 6.07. The molecular formula is C14H9BrClN4O3S-. The van der Waals surface area contributed by atoms with Gasteiger partial charge in [0.25, 0.3) is 0 Å². The van der Waals surface area contributed by atoms with Crippen molar-refractivity contribution in [2.75, 3.05) is 5.43 Å². The summed E-state index contributed by atoms with van der Waals surface area (Å²) in [6.07, 6.45) is 1.34. The van der Waals surface area contributed by atoms with Crippen molar-refractivity contribution in [2.24, 2.45) is 5.10 Å². The third-order valence-electron chi connectivity index (χ3n) is 2.79. The SMILES string of the molecule is O=[N+]([O-])c1ccc(/C=N/Nc2nc(-c3ccc(Cl)cc3)cs2)o1.[Br-]. The Morgan fingerprint density at radius 1 is 1.29 bits per heavy atom. The van der Waals surface area contributed by atoms with E-state index in [4.69, 9.17) is 16.0 Å². The van der Waals surface area contributed by atoms with Gasteiger partial charge in [0, 0.05) is 16.0 Å².